The van der Waals surface area contributed by atoms with Gasteiger partial charge in [0.25, 0.3) is 0 Å². The van der Waals surface area contributed by atoms with Crippen molar-refractivity contribution in [1.29, 1.82) is 0 Å². The quantitative estimate of drug-likeness (QED) is 0.0436. The van der Waals surface area contributed by atoms with E-state index in [1.807, 2.05) is 0 Å². The van der Waals surface area contributed by atoms with Crippen molar-refractivity contribution in [3.8, 4) is 0 Å². The van der Waals surface area contributed by atoms with Crippen molar-refractivity contribution in [2.75, 3.05) is 0 Å². The van der Waals surface area contributed by atoms with Crippen molar-refractivity contribution >= 4 is 11.9 Å². The average Bonchev–Trinajstić information content (AvgIpc) is 3.69. The first-order valence-electron chi connectivity index (χ1n) is 19.1. The highest BCUT2D eigenvalue weighted by atomic mass is 16.6. The number of hydrogen-bond donors (Lipinski definition) is 0. The summed E-state index contributed by atoms with van der Waals surface area (Å²) >= 11 is 0. The van der Waals surface area contributed by atoms with E-state index in [4.69, 9.17) is 9.47 Å². The molecule has 0 saturated heterocycles. The van der Waals surface area contributed by atoms with E-state index in [0.717, 1.165) is 70.6 Å². The maximum absolute atomic E-state index is 12.4. The average molecular weight is 627 g/mol. The molecule has 2 unspecified atom stereocenters. The summed E-state index contributed by atoms with van der Waals surface area (Å²) in [6.07, 6.45) is 45.3. The van der Waals surface area contributed by atoms with E-state index in [0.29, 0.717) is 12.8 Å². The molecule has 0 aromatic rings. The van der Waals surface area contributed by atoms with Crippen LogP contribution in [0.5, 0.6) is 0 Å². The first kappa shape index (κ1) is 40.9. The molecule has 0 aromatic heterocycles. The first-order valence-corrected chi connectivity index (χ1v) is 19.1. The minimum absolute atomic E-state index is 0.142. The second-order valence-corrected chi connectivity index (χ2v) is 12.9. The molecule has 1 aliphatic carbocycles. The molecule has 258 valence electrons. The molecule has 0 N–H and O–H groups in total. The number of carbonyl (C=O) groups excluding carboxylic acids is 2. The molecule has 1 saturated carbocycles. The van der Waals surface area contributed by atoms with Crippen LogP contribution in [0.2, 0.25) is 0 Å². The lowest BCUT2D eigenvalue weighted by atomic mass is 10.1. The lowest BCUT2D eigenvalue weighted by Crippen LogP contribution is -2.13. The van der Waals surface area contributed by atoms with Crippen molar-refractivity contribution in [3.05, 3.63) is 48.6 Å². The fourth-order valence-corrected chi connectivity index (χ4v) is 5.67. The fraction of sp³-hybridized carbons (Fsp3) is 0.756. The third-order valence-corrected chi connectivity index (χ3v) is 8.70. The van der Waals surface area contributed by atoms with Gasteiger partial charge in [0, 0.05) is 18.8 Å². The summed E-state index contributed by atoms with van der Waals surface area (Å²) in [5.41, 5.74) is 0. The molecular formula is C41H70O4. The SMILES string of the molecule is CCCCC/C=C\C/C=C\CCCCCCCC(=O)OC1C(CC)[C@H]1OC(=O)CCCCCCC/C=C\C/C=C\CCCCC. The summed E-state index contributed by atoms with van der Waals surface area (Å²) < 4.78 is 11.4. The summed E-state index contributed by atoms with van der Waals surface area (Å²) in [6, 6.07) is 0. The number of carbonyl (C=O) groups is 2. The Morgan fingerprint density at radius 3 is 1.13 bits per heavy atom. The van der Waals surface area contributed by atoms with Crippen LogP contribution in [0.15, 0.2) is 48.6 Å². The van der Waals surface area contributed by atoms with Gasteiger partial charge in [-0.05, 0) is 83.5 Å². The molecule has 45 heavy (non-hydrogen) atoms. The maximum atomic E-state index is 12.4. The maximum Gasteiger partial charge on any atom is 0.306 e. The van der Waals surface area contributed by atoms with E-state index in [1.165, 1.54) is 77.0 Å². The van der Waals surface area contributed by atoms with Gasteiger partial charge in [-0.15, -0.1) is 0 Å². The van der Waals surface area contributed by atoms with Gasteiger partial charge >= 0.3 is 11.9 Å². The molecule has 1 fully saturated rings. The molecule has 4 heteroatoms. The van der Waals surface area contributed by atoms with E-state index in [-0.39, 0.29) is 30.1 Å². The van der Waals surface area contributed by atoms with Gasteiger partial charge in [0.2, 0.25) is 0 Å². The van der Waals surface area contributed by atoms with Crippen LogP contribution in [0.25, 0.3) is 0 Å². The van der Waals surface area contributed by atoms with E-state index in [1.54, 1.807) is 0 Å². The van der Waals surface area contributed by atoms with Crippen LogP contribution < -0.4 is 0 Å². The number of hydrogen-bond acceptors (Lipinski definition) is 4. The lowest BCUT2D eigenvalue weighted by molar-refractivity contribution is -0.152. The van der Waals surface area contributed by atoms with Crippen molar-refractivity contribution < 1.29 is 19.1 Å². The van der Waals surface area contributed by atoms with E-state index in [2.05, 4.69) is 69.4 Å². The van der Waals surface area contributed by atoms with Gasteiger partial charge in [-0.1, -0.05) is 134 Å². The van der Waals surface area contributed by atoms with Crippen molar-refractivity contribution in [2.45, 2.75) is 193 Å². The summed E-state index contributed by atoms with van der Waals surface area (Å²) in [7, 11) is 0. The number of esters is 2. The first-order chi connectivity index (χ1) is 22.1. The largest absolute Gasteiger partial charge is 0.458 e. The number of ether oxygens (including phenoxy) is 2. The predicted molar refractivity (Wildman–Crippen MR) is 192 cm³/mol. The van der Waals surface area contributed by atoms with Gasteiger partial charge in [0.05, 0.1) is 0 Å². The molecule has 0 heterocycles. The Morgan fingerprint density at radius 2 is 0.778 bits per heavy atom. The van der Waals surface area contributed by atoms with Gasteiger partial charge in [-0.2, -0.15) is 0 Å². The van der Waals surface area contributed by atoms with Crippen LogP contribution in [0.1, 0.15) is 181 Å². The Balaban J connectivity index is 1.98. The van der Waals surface area contributed by atoms with Crippen LogP contribution in [-0.4, -0.2) is 24.1 Å². The molecule has 0 amide bonds. The molecule has 0 radical (unpaired) electrons. The van der Waals surface area contributed by atoms with Crippen molar-refractivity contribution in [1.82, 2.24) is 0 Å². The van der Waals surface area contributed by atoms with E-state index in [9.17, 15) is 9.59 Å². The molecule has 1 rings (SSSR count). The Kier molecular flexibility index (Phi) is 27.8. The number of allylic oxidation sites excluding steroid dienone is 8. The Bertz CT molecular complexity index is 757. The standard InChI is InChI=1S/C41H70O4/c1-4-7-9-11-13-15-17-19-21-23-25-27-29-31-33-35-38(42)44-40-37(6-3)41(40)45-39(43)36-34-32-30-28-26-24-22-20-18-16-14-12-10-8-5-2/h13-16,19-22,37,40-41H,4-12,17-18,23-36H2,1-3H3/b15-13-,16-14-,21-19-,22-20-/t37?,40-,41?/m1/s1. The van der Waals surface area contributed by atoms with Crippen LogP contribution in [0.3, 0.4) is 0 Å². The van der Waals surface area contributed by atoms with Gasteiger partial charge in [-0.25, -0.2) is 0 Å². The van der Waals surface area contributed by atoms with Gasteiger partial charge in [0.15, 0.2) is 0 Å². The molecule has 4 nitrogen and oxygen atoms in total. The Hall–Kier alpha value is -2.10. The van der Waals surface area contributed by atoms with E-state index >= 15 is 0 Å². The van der Waals surface area contributed by atoms with Crippen LogP contribution in [0.4, 0.5) is 0 Å². The van der Waals surface area contributed by atoms with Gasteiger partial charge in [0.1, 0.15) is 12.2 Å². The molecular weight excluding hydrogens is 556 g/mol. The molecule has 0 spiro atoms. The molecule has 1 aliphatic rings. The zero-order valence-corrected chi connectivity index (χ0v) is 29.7. The van der Waals surface area contributed by atoms with Crippen LogP contribution >= 0.6 is 0 Å². The molecule has 0 aliphatic heterocycles. The monoisotopic (exact) mass is 627 g/mol. The minimum Gasteiger partial charge on any atom is -0.458 e. The minimum atomic E-state index is -0.242. The smallest absolute Gasteiger partial charge is 0.306 e. The summed E-state index contributed by atoms with van der Waals surface area (Å²) in [5.74, 6) is -0.125. The predicted octanol–water partition coefficient (Wildman–Crippen LogP) is 12.5. The zero-order valence-electron chi connectivity index (χ0n) is 29.7. The highest BCUT2D eigenvalue weighted by Crippen LogP contribution is 2.40. The fourth-order valence-electron chi connectivity index (χ4n) is 5.67. The second-order valence-electron chi connectivity index (χ2n) is 12.9. The number of unbranched alkanes of at least 4 members (excludes halogenated alkanes) is 16. The lowest BCUT2D eigenvalue weighted by Gasteiger charge is -2.06. The molecule has 0 bridgehead atoms. The van der Waals surface area contributed by atoms with Crippen LogP contribution in [0, 0.1) is 5.92 Å². The second kappa shape index (κ2) is 30.5. The van der Waals surface area contributed by atoms with Crippen molar-refractivity contribution in [2.24, 2.45) is 5.92 Å². The topological polar surface area (TPSA) is 52.6 Å². The van der Waals surface area contributed by atoms with Crippen molar-refractivity contribution in [3.63, 3.8) is 0 Å². The third kappa shape index (κ3) is 24.8. The van der Waals surface area contributed by atoms with Gasteiger partial charge in [-0.3, -0.25) is 9.59 Å². The van der Waals surface area contributed by atoms with Crippen LogP contribution in [-0.2, 0) is 19.1 Å². The highest BCUT2D eigenvalue weighted by Gasteiger charge is 2.55. The molecule has 3 atom stereocenters. The van der Waals surface area contributed by atoms with Gasteiger partial charge < -0.3 is 9.47 Å². The highest BCUT2D eigenvalue weighted by molar-refractivity contribution is 5.71. The summed E-state index contributed by atoms with van der Waals surface area (Å²) in [6.45, 7) is 6.56. The Morgan fingerprint density at radius 1 is 0.444 bits per heavy atom. The summed E-state index contributed by atoms with van der Waals surface area (Å²) in [5, 5.41) is 0. The molecule has 0 aromatic carbocycles. The zero-order chi connectivity index (χ0) is 32.6. The Labute approximate surface area is 278 Å². The van der Waals surface area contributed by atoms with E-state index < -0.39 is 0 Å². The third-order valence-electron chi connectivity index (χ3n) is 8.70. The number of rotatable bonds is 31. The summed E-state index contributed by atoms with van der Waals surface area (Å²) in [4.78, 5) is 24.7. The normalized spacial score (nSPS) is 18.2.